The standard InChI is InChI=1S/C23H32ClN3O2/c1-29-22-14-13-19(24)15-21(22)26-17-18(16-25)23(28)27-20-11-9-7-5-3-2-4-6-8-10-12-20/h13-15,17,20,26H,2-12H2,1H3,(H,27,28)/b18-17-. The van der Waals surface area contributed by atoms with Crippen LogP contribution in [0.25, 0.3) is 0 Å². The molecule has 0 spiro atoms. The lowest BCUT2D eigenvalue weighted by Gasteiger charge is -2.19. The highest BCUT2D eigenvalue weighted by atomic mass is 35.5. The average molecular weight is 418 g/mol. The van der Waals surface area contributed by atoms with Gasteiger partial charge in [-0.3, -0.25) is 4.79 Å². The van der Waals surface area contributed by atoms with E-state index in [1.54, 1.807) is 25.3 Å². The van der Waals surface area contributed by atoms with E-state index in [1.165, 1.54) is 51.1 Å². The van der Waals surface area contributed by atoms with E-state index >= 15 is 0 Å². The van der Waals surface area contributed by atoms with Crippen molar-refractivity contribution >= 4 is 23.2 Å². The van der Waals surface area contributed by atoms with Crippen molar-refractivity contribution < 1.29 is 9.53 Å². The van der Waals surface area contributed by atoms with Gasteiger partial charge in [-0.05, 0) is 31.0 Å². The minimum absolute atomic E-state index is 0.0399. The van der Waals surface area contributed by atoms with Crippen LogP contribution < -0.4 is 15.4 Å². The van der Waals surface area contributed by atoms with Crippen LogP contribution in [0.5, 0.6) is 5.75 Å². The topological polar surface area (TPSA) is 74.1 Å². The number of nitrogens with one attached hydrogen (secondary N) is 2. The highest BCUT2D eigenvalue weighted by Crippen LogP contribution is 2.27. The van der Waals surface area contributed by atoms with E-state index in [1.807, 2.05) is 6.07 Å². The molecule has 0 atom stereocenters. The van der Waals surface area contributed by atoms with Gasteiger partial charge in [-0.15, -0.1) is 0 Å². The fourth-order valence-corrected chi connectivity index (χ4v) is 3.83. The Morgan fingerprint density at radius 3 is 2.24 bits per heavy atom. The summed E-state index contributed by atoms with van der Waals surface area (Å²) in [6.45, 7) is 0. The smallest absolute Gasteiger partial charge is 0.263 e. The first-order valence-corrected chi connectivity index (χ1v) is 11.0. The Hall–Kier alpha value is -2.19. The van der Waals surface area contributed by atoms with Gasteiger partial charge in [-0.25, -0.2) is 0 Å². The second-order valence-corrected chi connectivity index (χ2v) is 8.02. The Labute approximate surface area is 179 Å². The zero-order valence-corrected chi connectivity index (χ0v) is 18.1. The third-order valence-electron chi connectivity index (χ3n) is 5.34. The number of amides is 1. The maximum Gasteiger partial charge on any atom is 0.263 e. The number of carbonyl (C=O) groups excluding carboxylic acids is 1. The third kappa shape index (κ3) is 8.37. The number of nitrogens with zero attached hydrogens (tertiary/aromatic N) is 1. The molecule has 2 N–H and O–H groups in total. The molecule has 6 heteroatoms. The Bertz CT molecular complexity index is 715. The van der Waals surface area contributed by atoms with E-state index in [-0.39, 0.29) is 17.5 Å². The van der Waals surface area contributed by atoms with Crippen LogP contribution in [-0.2, 0) is 4.79 Å². The Morgan fingerprint density at radius 2 is 1.69 bits per heavy atom. The number of anilines is 1. The Morgan fingerprint density at radius 1 is 1.10 bits per heavy atom. The highest BCUT2D eigenvalue weighted by Gasteiger charge is 2.16. The molecule has 0 aliphatic heterocycles. The lowest BCUT2D eigenvalue weighted by molar-refractivity contribution is -0.117. The SMILES string of the molecule is COc1ccc(Cl)cc1N/C=C(/C#N)C(=O)NC1CCCCCCCCCCC1. The molecule has 5 nitrogen and oxygen atoms in total. The zero-order valence-electron chi connectivity index (χ0n) is 17.3. The maximum atomic E-state index is 12.7. The van der Waals surface area contributed by atoms with Gasteiger partial charge in [0, 0.05) is 17.3 Å². The fourth-order valence-electron chi connectivity index (χ4n) is 3.66. The summed E-state index contributed by atoms with van der Waals surface area (Å²) >= 11 is 6.03. The molecule has 1 aliphatic rings. The molecule has 0 aromatic heterocycles. The summed E-state index contributed by atoms with van der Waals surface area (Å²) in [4.78, 5) is 12.7. The molecule has 29 heavy (non-hydrogen) atoms. The third-order valence-corrected chi connectivity index (χ3v) is 5.57. The number of nitriles is 1. The summed E-state index contributed by atoms with van der Waals surface area (Å²) in [6, 6.07) is 7.26. The number of carbonyl (C=O) groups is 1. The second-order valence-electron chi connectivity index (χ2n) is 7.59. The van der Waals surface area contributed by atoms with E-state index in [2.05, 4.69) is 10.6 Å². The highest BCUT2D eigenvalue weighted by molar-refractivity contribution is 6.30. The van der Waals surface area contributed by atoms with Gasteiger partial charge in [0.25, 0.3) is 5.91 Å². The van der Waals surface area contributed by atoms with Crippen LogP contribution in [0.2, 0.25) is 5.02 Å². The molecule has 0 radical (unpaired) electrons. The molecule has 1 aromatic carbocycles. The number of ether oxygens (including phenoxy) is 1. The summed E-state index contributed by atoms with van der Waals surface area (Å²) in [7, 11) is 1.56. The van der Waals surface area contributed by atoms with Gasteiger partial charge in [0.1, 0.15) is 17.4 Å². The molecule has 0 unspecified atom stereocenters. The van der Waals surface area contributed by atoms with Crippen LogP contribution in [0.15, 0.2) is 30.0 Å². The summed E-state index contributed by atoms with van der Waals surface area (Å²) < 4.78 is 5.28. The van der Waals surface area contributed by atoms with Gasteiger partial charge < -0.3 is 15.4 Å². The molecule has 0 bridgehead atoms. The summed E-state index contributed by atoms with van der Waals surface area (Å²) in [6.07, 6.45) is 14.6. The molecule has 1 aliphatic carbocycles. The quantitative estimate of drug-likeness (QED) is 0.458. The normalized spacial score (nSPS) is 17.3. The lowest BCUT2D eigenvalue weighted by Crippen LogP contribution is -2.35. The molecule has 2 rings (SSSR count). The predicted octanol–water partition coefficient (Wildman–Crippen LogP) is 5.96. The summed E-state index contributed by atoms with van der Waals surface area (Å²) in [5.41, 5.74) is 0.643. The van der Waals surface area contributed by atoms with E-state index in [4.69, 9.17) is 16.3 Å². The van der Waals surface area contributed by atoms with Crippen molar-refractivity contribution in [1.82, 2.24) is 5.32 Å². The van der Waals surface area contributed by atoms with Crippen LogP contribution in [-0.4, -0.2) is 19.1 Å². The van der Waals surface area contributed by atoms with Crippen molar-refractivity contribution in [3.63, 3.8) is 0 Å². The van der Waals surface area contributed by atoms with Crippen LogP contribution in [0.1, 0.15) is 70.6 Å². The molecular weight excluding hydrogens is 386 g/mol. The molecular formula is C23H32ClN3O2. The predicted molar refractivity (Wildman–Crippen MR) is 118 cm³/mol. The minimum Gasteiger partial charge on any atom is -0.495 e. The summed E-state index contributed by atoms with van der Waals surface area (Å²) in [5, 5.41) is 16.0. The molecule has 1 saturated carbocycles. The van der Waals surface area contributed by atoms with Gasteiger partial charge >= 0.3 is 0 Å². The molecule has 1 amide bonds. The van der Waals surface area contributed by atoms with E-state index in [0.717, 1.165) is 25.7 Å². The van der Waals surface area contributed by atoms with Crippen molar-refractivity contribution in [2.45, 2.75) is 76.7 Å². The van der Waals surface area contributed by atoms with Gasteiger partial charge in [0.05, 0.1) is 12.8 Å². The maximum absolute atomic E-state index is 12.7. The van der Waals surface area contributed by atoms with E-state index in [0.29, 0.717) is 16.5 Å². The Kier molecular flexibility index (Phi) is 10.4. The number of benzene rings is 1. The van der Waals surface area contributed by atoms with Gasteiger partial charge in [0.2, 0.25) is 0 Å². The van der Waals surface area contributed by atoms with Gasteiger partial charge in [0.15, 0.2) is 0 Å². The van der Waals surface area contributed by atoms with Crippen molar-refractivity contribution in [2.24, 2.45) is 0 Å². The molecule has 0 saturated heterocycles. The van der Waals surface area contributed by atoms with Crippen molar-refractivity contribution in [1.29, 1.82) is 5.26 Å². The first-order valence-electron chi connectivity index (χ1n) is 10.6. The molecule has 1 aromatic rings. The second kappa shape index (κ2) is 13.1. The Balaban J connectivity index is 1.98. The molecule has 158 valence electrons. The lowest BCUT2D eigenvalue weighted by atomic mass is 9.98. The van der Waals surface area contributed by atoms with E-state index < -0.39 is 0 Å². The minimum atomic E-state index is -0.335. The van der Waals surface area contributed by atoms with Crippen molar-refractivity contribution in [2.75, 3.05) is 12.4 Å². The van der Waals surface area contributed by atoms with Crippen LogP contribution in [0.4, 0.5) is 5.69 Å². The summed E-state index contributed by atoms with van der Waals surface area (Å²) in [5.74, 6) is 0.251. The monoisotopic (exact) mass is 417 g/mol. The number of halogens is 1. The van der Waals surface area contributed by atoms with Crippen LogP contribution >= 0.6 is 11.6 Å². The van der Waals surface area contributed by atoms with Crippen molar-refractivity contribution in [3.8, 4) is 11.8 Å². The molecule has 0 heterocycles. The zero-order chi connectivity index (χ0) is 20.9. The largest absolute Gasteiger partial charge is 0.495 e. The number of hydrogen-bond acceptors (Lipinski definition) is 4. The van der Waals surface area contributed by atoms with Gasteiger partial charge in [-0.1, -0.05) is 69.4 Å². The average Bonchev–Trinajstić information content (AvgIpc) is 2.70. The number of rotatable bonds is 5. The molecule has 1 fully saturated rings. The number of hydrogen-bond donors (Lipinski definition) is 2. The first-order chi connectivity index (χ1) is 14.1. The first kappa shape index (κ1) is 23.1. The fraction of sp³-hybridized carbons (Fsp3) is 0.565. The van der Waals surface area contributed by atoms with Crippen molar-refractivity contribution in [3.05, 3.63) is 35.0 Å². The number of methoxy groups -OCH3 is 1. The van der Waals surface area contributed by atoms with E-state index in [9.17, 15) is 10.1 Å². The van der Waals surface area contributed by atoms with Crippen LogP contribution in [0.3, 0.4) is 0 Å². The van der Waals surface area contributed by atoms with Crippen LogP contribution in [0, 0.1) is 11.3 Å². The van der Waals surface area contributed by atoms with Gasteiger partial charge in [-0.2, -0.15) is 5.26 Å².